The molecule has 1 saturated heterocycles. The van der Waals surface area contributed by atoms with Crippen LogP contribution in [0.3, 0.4) is 0 Å². The Bertz CT molecular complexity index is 635. The molecule has 1 aliphatic heterocycles. The third-order valence-electron chi connectivity index (χ3n) is 4.99. The number of fused-ring (bicyclic) bond motifs is 1. The number of pyridine rings is 1. The first-order valence-corrected chi connectivity index (χ1v) is 8.09. The Morgan fingerprint density at radius 1 is 1.24 bits per heavy atom. The van der Waals surface area contributed by atoms with Crippen molar-refractivity contribution in [1.82, 2.24) is 15.2 Å². The molecule has 3 nitrogen and oxygen atoms in total. The van der Waals surface area contributed by atoms with Gasteiger partial charge in [-0.15, -0.1) is 0 Å². The van der Waals surface area contributed by atoms with E-state index in [2.05, 4.69) is 46.5 Å². The first-order valence-electron chi connectivity index (χ1n) is 8.09. The van der Waals surface area contributed by atoms with Gasteiger partial charge in [0.25, 0.3) is 0 Å². The summed E-state index contributed by atoms with van der Waals surface area (Å²) in [4.78, 5) is 6.94. The van der Waals surface area contributed by atoms with Crippen molar-refractivity contribution < 1.29 is 0 Å². The smallest absolute Gasteiger partial charge is 0.0702 e. The summed E-state index contributed by atoms with van der Waals surface area (Å²) in [7, 11) is 2.26. The fourth-order valence-electron chi connectivity index (χ4n) is 3.65. The van der Waals surface area contributed by atoms with E-state index in [1.54, 1.807) is 0 Å². The number of hydrogen-bond donors (Lipinski definition) is 1. The summed E-state index contributed by atoms with van der Waals surface area (Å²) >= 11 is 0. The van der Waals surface area contributed by atoms with Crippen LogP contribution in [-0.4, -0.2) is 36.1 Å². The molecule has 1 aromatic carbocycles. The third-order valence-corrected chi connectivity index (χ3v) is 4.99. The Morgan fingerprint density at radius 2 is 2.14 bits per heavy atom. The minimum Gasteiger partial charge on any atom is -0.314 e. The van der Waals surface area contributed by atoms with E-state index < -0.39 is 0 Å². The molecular weight excluding hydrogens is 258 g/mol. The van der Waals surface area contributed by atoms with Gasteiger partial charge in [-0.05, 0) is 62.5 Å². The van der Waals surface area contributed by atoms with Crippen LogP contribution in [0.4, 0.5) is 0 Å². The molecular formula is C18H23N3. The van der Waals surface area contributed by atoms with E-state index in [-0.39, 0.29) is 0 Å². The van der Waals surface area contributed by atoms with E-state index in [1.165, 1.54) is 36.8 Å². The van der Waals surface area contributed by atoms with Crippen molar-refractivity contribution in [3.63, 3.8) is 0 Å². The van der Waals surface area contributed by atoms with Gasteiger partial charge in [-0.3, -0.25) is 9.88 Å². The second kappa shape index (κ2) is 5.39. The molecule has 2 fully saturated rings. The van der Waals surface area contributed by atoms with Crippen molar-refractivity contribution in [2.24, 2.45) is 5.92 Å². The Labute approximate surface area is 126 Å². The molecule has 1 N–H and O–H groups in total. The molecule has 2 unspecified atom stereocenters. The molecule has 1 saturated carbocycles. The average Bonchev–Trinajstić information content (AvgIpc) is 3.27. The molecule has 1 aliphatic carbocycles. The van der Waals surface area contributed by atoms with Crippen LogP contribution in [0, 0.1) is 5.92 Å². The van der Waals surface area contributed by atoms with Crippen LogP contribution in [0.25, 0.3) is 10.9 Å². The number of nitrogens with one attached hydrogen (secondary N) is 1. The first-order chi connectivity index (χ1) is 10.3. The minimum atomic E-state index is 0.542. The van der Waals surface area contributed by atoms with E-state index in [0.29, 0.717) is 6.04 Å². The zero-order valence-electron chi connectivity index (χ0n) is 12.6. The average molecular weight is 281 g/mol. The van der Waals surface area contributed by atoms with Gasteiger partial charge in [0, 0.05) is 30.2 Å². The highest BCUT2D eigenvalue weighted by molar-refractivity contribution is 5.79. The minimum absolute atomic E-state index is 0.542. The van der Waals surface area contributed by atoms with Gasteiger partial charge in [-0.2, -0.15) is 0 Å². The second-order valence-corrected chi connectivity index (χ2v) is 6.61. The van der Waals surface area contributed by atoms with Gasteiger partial charge < -0.3 is 5.32 Å². The molecule has 2 heterocycles. The lowest BCUT2D eigenvalue weighted by molar-refractivity contribution is 0.272. The predicted molar refractivity (Wildman–Crippen MR) is 86.2 cm³/mol. The lowest BCUT2D eigenvalue weighted by Gasteiger charge is -2.26. The van der Waals surface area contributed by atoms with Gasteiger partial charge in [-0.1, -0.05) is 12.1 Å². The molecule has 0 radical (unpaired) electrons. The van der Waals surface area contributed by atoms with E-state index >= 15 is 0 Å². The first kappa shape index (κ1) is 13.2. The van der Waals surface area contributed by atoms with Crippen LogP contribution in [0.1, 0.15) is 30.9 Å². The molecule has 0 amide bonds. The van der Waals surface area contributed by atoms with Crippen molar-refractivity contribution in [2.75, 3.05) is 20.1 Å². The summed E-state index contributed by atoms with van der Waals surface area (Å²) in [6.45, 7) is 2.36. The quantitative estimate of drug-likeness (QED) is 0.934. The molecule has 21 heavy (non-hydrogen) atoms. The van der Waals surface area contributed by atoms with Gasteiger partial charge in [0.05, 0.1) is 5.52 Å². The van der Waals surface area contributed by atoms with Crippen LogP contribution in [0.15, 0.2) is 36.5 Å². The number of rotatable bonds is 4. The normalized spacial score (nSPS) is 26.5. The summed E-state index contributed by atoms with van der Waals surface area (Å²) in [5, 5.41) is 4.97. The zero-order valence-corrected chi connectivity index (χ0v) is 12.6. The Kier molecular flexibility index (Phi) is 3.40. The summed E-state index contributed by atoms with van der Waals surface area (Å²) in [5.41, 5.74) is 2.53. The maximum Gasteiger partial charge on any atom is 0.0702 e. The maximum absolute atomic E-state index is 4.43. The van der Waals surface area contributed by atoms with Crippen LogP contribution in [-0.2, 0) is 0 Å². The third kappa shape index (κ3) is 2.68. The van der Waals surface area contributed by atoms with Gasteiger partial charge in [0.2, 0.25) is 0 Å². The fourth-order valence-corrected chi connectivity index (χ4v) is 3.65. The van der Waals surface area contributed by atoms with Crippen molar-refractivity contribution in [1.29, 1.82) is 0 Å². The predicted octanol–water partition coefficient (Wildman–Crippen LogP) is 2.98. The van der Waals surface area contributed by atoms with Crippen molar-refractivity contribution >= 4 is 10.9 Å². The number of benzene rings is 1. The zero-order chi connectivity index (χ0) is 14.2. The maximum atomic E-state index is 4.43. The Hall–Kier alpha value is -1.45. The number of hydrogen-bond acceptors (Lipinski definition) is 3. The van der Waals surface area contributed by atoms with Crippen molar-refractivity contribution in [3.8, 4) is 0 Å². The second-order valence-electron chi connectivity index (χ2n) is 6.61. The fraction of sp³-hybridized carbons (Fsp3) is 0.500. The summed E-state index contributed by atoms with van der Waals surface area (Å²) in [6, 6.07) is 12.3. The molecule has 110 valence electrons. The van der Waals surface area contributed by atoms with E-state index in [9.17, 15) is 0 Å². The highest BCUT2D eigenvalue weighted by Crippen LogP contribution is 2.37. The molecule has 0 bridgehead atoms. The monoisotopic (exact) mass is 281 g/mol. The summed E-state index contributed by atoms with van der Waals surface area (Å²) in [5.74, 6) is 0.727. The molecule has 0 spiro atoms. The topological polar surface area (TPSA) is 28.2 Å². The van der Waals surface area contributed by atoms with Crippen molar-refractivity contribution in [3.05, 3.63) is 42.1 Å². The van der Waals surface area contributed by atoms with Gasteiger partial charge in [0.1, 0.15) is 0 Å². The molecule has 4 rings (SSSR count). The number of likely N-dealkylation sites (tertiary alicyclic amines) is 1. The molecule has 2 atom stereocenters. The molecule has 1 aromatic heterocycles. The SMILES string of the molecule is CN1CCC(CNC2CC2)C1c1ccc2ncccc2c1. The highest BCUT2D eigenvalue weighted by atomic mass is 15.2. The Morgan fingerprint density at radius 3 is 3.00 bits per heavy atom. The summed E-state index contributed by atoms with van der Waals surface area (Å²) < 4.78 is 0. The molecule has 3 heteroatoms. The van der Waals surface area contributed by atoms with Crippen LogP contribution < -0.4 is 5.32 Å². The van der Waals surface area contributed by atoms with Crippen LogP contribution in [0.2, 0.25) is 0 Å². The largest absolute Gasteiger partial charge is 0.314 e. The highest BCUT2D eigenvalue weighted by Gasteiger charge is 2.34. The van der Waals surface area contributed by atoms with Gasteiger partial charge >= 0.3 is 0 Å². The van der Waals surface area contributed by atoms with E-state index in [1.807, 2.05) is 12.3 Å². The van der Waals surface area contributed by atoms with Crippen molar-refractivity contribution in [2.45, 2.75) is 31.3 Å². The Balaban J connectivity index is 1.60. The van der Waals surface area contributed by atoms with Gasteiger partial charge in [-0.25, -0.2) is 0 Å². The van der Waals surface area contributed by atoms with Crippen LogP contribution >= 0.6 is 0 Å². The van der Waals surface area contributed by atoms with E-state index in [4.69, 9.17) is 0 Å². The standard InChI is InChI=1S/C18H23N3/c1-21-10-8-15(12-20-16-5-6-16)18(21)14-4-7-17-13(11-14)3-2-9-19-17/h2-4,7,9,11,15-16,18,20H,5-6,8,10,12H2,1H3. The number of nitrogens with zero attached hydrogens (tertiary/aromatic N) is 2. The number of aromatic nitrogens is 1. The lowest BCUT2D eigenvalue weighted by atomic mass is 9.92. The molecule has 2 aromatic rings. The van der Waals surface area contributed by atoms with Gasteiger partial charge in [0.15, 0.2) is 0 Å². The van der Waals surface area contributed by atoms with E-state index in [0.717, 1.165) is 24.0 Å². The summed E-state index contributed by atoms with van der Waals surface area (Å²) in [6.07, 6.45) is 5.90. The molecule has 2 aliphatic rings. The van der Waals surface area contributed by atoms with Crippen LogP contribution in [0.5, 0.6) is 0 Å². The lowest BCUT2D eigenvalue weighted by Crippen LogP contribution is -2.29.